The summed E-state index contributed by atoms with van der Waals surface area (Å²) in [7, 11) is 0. The Morgan fingerprint density at radius 2 is 1.55 bits per heavy atom. The fraction of sp³-hybridized carbons (Fsp3) is 0.167. The average molecular weight is 549 g/mol. The molecule has 0 unspecified atom stereocenters. The predicted octanol–water partition coefficient (Wildman–Crippen LogP) is 6.33. The molecular weight excluding hydrogens is 525 g/mol. The minimum absolute atomic E-state index is 0.00258. The van der Waals surface area contributed by atoms with Crippen LogP contribution in [0.15, 0.2) is 77.6 Å². The zero-order chi connectivity index (χ0) is 29.0. The van der Waals surface area contributed by atoms with Gasteiger partial charge in [0.15, 0.2) is 6.61 Å². The second-order valence-electron chi connectivity index (χ2n) is 9.03. The zero-order valence-electron chi connectivity index (χ0n) is 21.5. The van der Waals surface area contributed by atoms with E-state index in [1.165, 1.54) is 34.9 Å². The molecule has 0 aliphatic carbocycles. The number of hydrogen-bond donors (Lipinski definition) is 1. The van der Waals surface area contributed by atoms with E-state index < -0.39 is 35.4 Å². The maximum Gasteiger partial charge on any atom is 0.417 e. The number of aromatic nitrogens is 1. The number of pyridine rings is 1. The molecule has 0 amide bonds. The average Bonchev–Trinajstić information content (AvgIpc) is 2.90. The van der Waals surface area contributed by atoms with Gasteiger partial charge in [0.05, 0.1) is 17.8 Å². The summed E-state index contributed by atoms with van der Waals surface area (Å²) in [5, 5.41) is 18.1. The number of alkyl halides is 3. The molecule has 0 spiro atoms. The summed E-state index contributed by atoms with van der Waals surface area (Å²) >= 11 is 0. The maximum atomic E-state index is 13.8. The summed E-state index contributed by atoms with van der Waals surface area (Å²) in [6.45, 7) is 3.24. The topological polar surface area (TPSA) is 102 Å². The molecule has 0 atom stereocenters. The highest BCUT2D eigenvalue weighted by atomic mass is 19.4. The summed E-state index contributed by atoms with van der Waals surface area (Å²) in [6.07, 6.45) is -4.90. The molecule has 0 fully saturated rings. The molecule has 4 aromatic rings. The molecule has 4 rings (SSSR count). The second-order valence-corrected chi connectivity index (χ2v) is 9.03. The number of aryl methyl sites for hydroxylation is 2. The molecule has 3 aromatic carbocycles. The Morgan fingerprint density at radius 3 is 2.10 bits per heavy atom. The predicted molar refractivity (Wildman–Crippen MR) is 141 cm³/mol. The summed E-state index contributed by atoms with van der Waals surface area (Å²) in [5.74, 6) is 0.0217. The maximum absolute atomic E-state index is 13.8. The Balaban J connectivity index is 1.71. The van der Waals surface area contributed by atoms with E-state index in [0.717, 1.165) is 22.8 Å². The molecule has 7 nitrogen and oxygen atoms in total. The van der Waals surface area contributed by atoms with Crippen molar-refractivity contribution < 1.29 is 32.5 Å². The lowest BCUT2D eigenvalue weighted by Gasteiger charge is -2.19. The van der Waals surface area contributed by atoms with Crippen molar-refractivity contribution >= 4 is 5.97 Å². The molecule has 0 saturated heterocycles. The molecule has 0 aliphatic rings. The number of halogens is 3. The molecule has 0 bridgehead atoms. The molecule has 204 valence electrons. The van der Waals surface area contributed by atoms with Crippen molar-refractivity contribution in [1.82, 2.24) is 4.57 Å². The molecule has 1 N–H and O–H groups in total. The van der Waals surface area contributed by atoms with Crippen LogP contribution < -0.4 is 15.0 Å². The first-order chi connectivity index (χ1) is 19.0. The molecule has 10 heteroatoms. The number of nitrogens with zero attached hydrogens (tertiary/aromatic N) is 2. The number of hydrogen-bond acceptors (Lipinski definition) is 5. The number of rotatable bonds is 8. The highest BCUT2D eigenvalue weighted by Gasteiger charge is 2.36. The van der Waals surface area contributed by atoms with E-state index in [4.69, 9.17) is 14.6 Å². The summed E-state index contributed by atoms with van der Waals surface area (Å²) in [5.41, 5.74) is -0.374. The van der Waals surface area contributed by atoms with Gasteiger partial charge in [-0.1, -0.05) is 23.8 Å². The van der Waals surface area contributed by atoms with E-state index in [1.807, 2.05) is 26.0 Å². The third-order valence-electron chi connectivity index (χ3n) is 6.12. The van der Waals surface area contributed by atoms with Gasteiger partial charge in [-0.3, -0.25) is 4.79 Å². The van der Waals surface area contributed by atoms with Crippen LogP contribution in [0.4, 0.5) is 13.2 Å². The number of carbonyl (C=O) groups is 1. The van der Waals surface area contributed by atoms with E-state index in [9.17, 15) is 28.0 Å². The largest absolute Gasteiger partial charge is 0.482 e. The van der Waals surface area contributed by atoms with Crippen LogP contribution >= 0.6 is 0 Å². The van der Waals surface area contributed by atoms with Gasteiger partial charge in [0.2, 0.25) is 0 Å². The van der Waals surface area contributed by atoms with Gasteiger partial charge in [0.25, 0.3) is 5.56 Å². The Morgan fingerprint density at radius 1 is 0.950 bits per heavy atom. The minimum atomic E-state index is -4.90. The molecule has 0 aliphatic heterocycles. The van der Waals surface area contributed by atoms with Crippen LogP contribution in [0.1, 0.15) is 27.8 Å². The van der Waals surface area contributed by atoms with Crippen molar-refractivity contribution in [2.75, 3.05) is 6.61 Å². The van der Waals surface area contributed by atoms with Crippen LogP contribution in [0.2, 0.25) is 0 Å². The van der Waals surface area contributed by atoms with Crippen molar-refractivity contribution in [3.63, 3.8) is 0 Å². The zero-order valence-corrected chi connectivity index (χ0v) is 21.5. The monoisotopic (exact) mass is 548 g/mol. The first kappa shape index (κ1) is 28.0. The Labute approximate surface area is 227 Å². The Kier molecular flexibility index (Phi) is 7.95. The first-order valence-electron chi connectivity index (χ1n) is 12.0. The van der Waals surface area contributed by atoms with Gasteiger partial charge in [-0.25, -0.2) is 4.79 Å². The molecule has 1 aromatic heterocycles. The number of benzene rings is 3. The van der Waals surface area contributed by atoms with Crippen molar-refractivity contribution in [2.24, 2.45) is 0 Å². The van der Waals surface area contributed by atoms with Crippen molar-refractivity contribution in [2.45, 2.75) is 26.6 Å². The quantitative estimate of drug-likeness (QED) is 0.276. The van der Waals surface area contributed by atoms with Crippen LogP contribution in [0.3, 0.4) is 0 Å². The lowest BCUT2D eigenvalue weighted by atomic mass is 10.0. The smallest absolute Gasteiger partial charge is 0.417 e. The third kappa shape index (κ3) is 6.32. The molecule has 40 heavy (non-hydrogen) atoms. The van der Waals surface area contributed by atoms with Gasteiger partial charge in [-0.2, -0.15) is 18.4 Å². The molecule has 0 saturated carbocycles. The highest BCUT2D eigenvalue weighted by molar-refractivity contribution is 5.68. The van der Waals surface area contributed by atoms with Crippen LogP contribution in [0.5, 0.6) is 17.2 Å². The van der Waals surface area contributed by atoms with Crippen LogP contribution in [0, 0.1) is 25.2 Å². The van der Waals surface area contributed by atoms with Crippen LogP contribution in [0.25, 0.3) is 11.3 Å². The van der Waals surface area contributed by atoms with Crippen molar-refractivity contribution in [1.29, 1.82) is 5.26 Å². The van der Waals surface area contributed by atoms with Crippen LogP contribution in [-0.4, -0.2) is 22.2 Å². The van der Waals surface area contributed by atoms with Crippen molar-refractivity contribution in [3.8, 4) is 34.6 Å². The second kappa shape index (κ2) is 11.4. The summed E-state index contributed by atoms with van der Waals surface area (Å²) in [6, 6.07) is 20.2. The number of carboxylic acids is 1. The standard InChI is InChI=1S/C30H23F3N2O5/c1-18-3-4-21(19(2)13-18)16-35-27(14-26(30(31,32)33)25(15-34)29(35)38)20-5-7-23(8-6-20)40-24-11-9-22(10-12-24)39-17-28(36)37/h3-14H,16-17H2,1-2H3,(H,36,37). The van der Waals surface area contributed by atoms with E-state index in [0.29, 0.717) is 22.8 Å². The normalized spacial score (nSPS) is 11.1. The van der Waals surface area contributed by atoms with Gasteiger partial charge in [0.1, 0.15) is 28.9 Å². The number of nitriles is 1. The summed E-state index contributed by atoms with van der Waals surface area (Å²) in [4.78, 5) is 23.9. The van der Waals surface area contributed by atoms with Gasteiger partial charge in [-0.15, -0.1) is 0 Å². The van der Waals surface area contributed by atoms with Gasteiger partial charge >= 0.3 is 12.1 Å². The van der Waals surface area contributed by atoms with Gasteiger partial charge < -0.3 is 19.1 Å². The molecule has 0 radical (unpaired) electrons. The Hall–Kier alpha value is -5.04. The van der Waals surface area contributed by atoms with Crippen LogP contribution in [-0.2, 0) is 17.5 Å². The SMILES string of the molecule is Cc1ccc(Cn2c(-c3ccc(Oc4ccc(OCC(=O)O)cc4)cc3)cc(C(F)(F)F)c(C#N)c2=O)c(C)c1. The first-order valence-corrected chi connectivity index (χ1v) is 12.0. The fourth-order valence-corrected chi connectivity index (χ4v) is 4.15. The lowest BCUT2D eigenvalue weighted by Crippen LogP contribution is -2.29. The molecular formula is C30H23F3N2O5. The third-order valence-corrected chi connectivity index (χ3v) is 6.12. The van der Waals surface area contributed by atoms with Gasteiger partial charge in [0, 0.05) is 0 Å². The fourth-order valence-electron chi connectivity index (χ4n) is 4.15. The van der Waals surface area contributed by atoms with E-state index in [2.05, 4.69) is 0 Å². The highest BCUT2D eigenvalue weighted by Crippen LogP contribution is 2.34. The number of aliphatic carboxylic acids is 1. The van der Waals surface area contributed by atoms with E-state index >= 15 is 0 Å². The Bertz CT molecular complexity index is 1650. The minimum Gasteiger partial charge on any atom is -0.482 e. The van der Waals surface area contributed by atoms with Crippen molar-refractivity contribution in [3.05, 3.63) is 111 Å². The van der Waals surface area contributed by atoms with E-state index in [-0.39, 0.29) is 12.2 Å². The molecule has 1 heterocycles. The number of carboxylic acid groups (broad SMARTS) is 1. The number of ether oxygens (including phenoxy) is 2. The van der Waals surface area contributed by atoms with Gasteiger partial charge in [-0.05, 0) is 85.1 Å². The van der Waals surface area contributed by atoms with E-state index in [1.54, 1.807) is 30.3 Å². The lowest BCUT2D eigenvalue weighted by molar-refractivity contribution is -0.139. The summed E-state index contributed by atoms with van der Waals surface area (Å²) < 4.78 is 53.6.